The first-order valence-electron chi connectivity index (χ1n) is 6.48. The number of fused-ring (bicyclic) bond motifs is 1. The van der Waals surface area contributed by atoms with Crippen molar-refractivity contribution in [3.05, 3.63) is 60.2 Å². The summed E-state index contributed by atoms with van der Waals surface area (Å²) in [6, 6.07) is 19.1. The molecule has 1 heteroatoms. The van der Waals surface area contributed by atoms with Crippen LogP contribution < -0.4 is 0 Å². The molecule has 0 bridgehead atoms. The molecule has 0 aliphatic carbocycles. The Morgan fingerprint density at radius 3 is 2.17 bits per heavy atom. The molecule has 3 aromatic rings. The highest BCUT2D eigenvalue weighted by Gasteiger charge is 2.01. The zero-order valence-corrected chi connectivity index (χ0v) is 11.2. The van der Waals surface area contributed by atoms with E-state index in [1.807, 2.05) is 13.8 Å². The maximum atomic E-state index is 3.43. The van der Waals surface area contributed by atoms with Crippen LogP contribution in [0.1, 0.15) is 19.4 Å². The molecule has 0 fully saturated rings. The minimum absolute atomic E-state index is 1.18. The first-order chi connectivity index (χ1) is 8.83. The molecule has 0 saturated heterocycles. The number of nitrogens with one attached hydrogen (secondary N) is 1. The average molecular weight is 237 g/mol. The summed E-state index contributed by atoms with van der Waals surface area (Å²) in [5.74, 6) is 0. The van der Waals surface area contributed by atoms with Crippen LogP contribution in [0.25, 0.3) is 22.2 Å². The first-order valence-corrected chi connectivity index (χ1v) is 6.48. The number of rotatable bonds is 1. The van der Waals surface area contributed by atoms with Gasteiger partial charge < -0.3 is 4.98 Å². The lowest BCUT2D eigenvalue weighted by atomic mass is 10.1. The number of aryl methyl sites for hydroxylation is 1. The van der Waals surface area contributed by atoms with E-state index < -0.39 is 0 Å². The lowest BCUT2D eigenvalue weighted by Gasteiger charge is -1.97. The number of hydrogen-bond acceptors (Lipinski definition) is 0. The third-order valence-corrected chi connectivity index (χ3v) is 2.89. The molecular weight excluding hydrogens is 218 g/mol. The highest BCUT2D eigenvalue weighted by Crippen LogP contribution is 2.23. The van der Waals surface area contributed by atoms with Gasteiger partial charge in [-0.25, -0.2) is 0 Å². The molecule has 18 heavy (non-hydrogen) atoms. The largest absolute Gasteiger partial charge is 0.355 e. The molecule has 0 amide bonds. The second-order valence-electron chi connectivity index (χ2n) is 4.14. The van der Waals surface area contributed by atoms with Crippen molar-refractivity contribution in [2.45, 2.75) is 20.8 Å². The van der Waals surface area contributed by atoms with Crippen LogP contribution in [-0.4, -0.2) is 4.98 Å². The highest BCUT2D eigenvalue weighted by molar-refractivity contribution is 5.85. The summed E-state index contributed by atoms with van der Waals surface area (Å²) in [6.45, 7) is 6.11. The second-order valence-corrected chi connectivity index (χ2v) is 4.14. The Kier molecular flexibility index (Phi) is 3.83. The molecule has 92 valence electrons. The van der Waals surface area contributed by atoms with Gasteiger partial charge in [0.2, 0.25) is 0 Å². The van der Waals surface area contributed by atoms with Gasteiger partial charge in [-0.3, -0.25) is 0 Å². The van der Waals surface area contributed by atoms with Crippen molar-refractivity contribution in [3.63, 3.8) is 0 Å². The molecule has 0 atom stereocenters. The van der Waals surface area contributed by atoms with Crippen LogP contribution in [-0.2, 0) is 0 Å². The maximum Gasteiger partial charge on any atom is 0.0464 e. The van der Waals surface area contributed by atoms with Crippen LogP contribution in [0, 0.1) is 6.92 Å². The van der Waals surface area contributed by atoms with Gasteiger partial charge in [0.05, 0.1) is 0 Å². The maximum absolute atomic E-state index is 3.43. The third-order valence-electron chi connectivity index (χ3n) is 2.89. The van der Waals surface area contributed by atoms with Gasteiger partial charge in [0.1, 0.15) is 0 Å². The summed E-state index contributed by atoms with van der Waals surface area (Å²) in [5, 5.41) is 1.26. The standard InChI is InChI=1S/C15H13N.C2H6/c1-11-6-8-12(9-7-11)15-10-13-4-2-3-5-14(13)16-15;1-2/h2-10,16H,1H3;1-2H3. The minimum atomic E-state index is 1.18. The fourth-order valence-corrected chi connectivity index (χ4v) is 1.96. The van der Waals surface area contributed by atoms with Crippen LogP contribution >= 0.6 is 0 Å². The Bertz CT molecular complexity index is 584. The zero-order chi connectivity index (χ0) is 13.0. The highest BCUT2D eigenvalue weighted by atomic mass is 14.7. The fraction of sp³-hybridized carbons (Fsp3) is 0.176. The van der Waals surface area contributed by atoms with Crippen LogP contribution in [0.5, 0.6) is 0 Å². The Labute approximate surface area is 108 Å². The minimum Gasteiger partial charge on any atom is -0.355 e. The molecule has 1 heterocycles. The average Bonchev–Trinajstić information content (AvgIpc) is 2.85. The molecule has 0 aliphatic rings. The Morgan fingerprint density at radius 1 is 0.833 bits per heavy atom. The lowest BCUT2D eigenvalue weighted by Crippen LogP contribution is -1.77. The number of hydrogen-bond donors (Lipinski definition) is 1. The molecule has 1 N–H and O–H groups in total. The van der Waals surface area contributed by atoms with Gasteiger partial charge >= 0.3 is 0 Å². The molecule has 1 aromatic heterocycles. The number of benzene rings is 2. The summed E-state index contributed by atoms with van der Waals surface area (Å²) >= 11 is 0. The molecular formula is C17H19N. The van der Waals surface area contributed by atoms with Crippen molar-refractivity contribution >= 4 is 10.9 Å². The van der Waals surface area contributed by atoms with Crippen LogP contribution in [0.2, 0.25) is 0 Å². The summed E-state index contributed by atoms with van der Waals surface area (Å²) in [4.78, 5) is 3.43. The van der Waals surface area contributed by atoms with E-state index in [1.54, 1.807) is 0 Å². The summed E-state index contributed by atoms with van der Waals surface area (Å²) < 4.78 is 0. The summed E-state index contributed by atoms with van der Waals surface area (Å²) in [6.07, 6.45) is 0. The number of aromatic nitrogens is 1. The Balaban J connectivity index is 0.000000574. The van der Waals surface area contributed by atoms with Gasteiger partial charge in [-0.1, -0.05) is 61.9 Å². The van der Waals surface area contributed by atoms with Gasteiger partial charge in [-0.05, 0) is 24.6 Å². The van der Waals surface area contributed by atoms with Crippen LogP contribution in [0.3, 0.4) is 0 Å². The number of H-pyrrole nitrogens is 1. The van der Waals surface area contributed by atoms with Gasteiger partial charge in [-0.15, -0.1) is 0 Å². The second kappa shape index (κ2) is 5.54. The van der Waals surface area contributed by atoms with E-state index in [0.717, 1.165) is 0 Å². The van der Waals surface area contributed by atoms with E-state index >= 15 is 0 Å². The molecule has 0 saturated carbocycles. The smallest absolute Gasteiger partial charge is 0.0464 e. The molecule has 1 nitrogen and oxygen atoms in total. The normalized spacial score (nSPS) is 9.94. The van der Waals surface area contributed by atoms with Gasteiger partial charge in [0.15, 0.2) is 0 Å². The number of para-hydroxylation sites is 1. The van der Waals surface area contributed by atoms with E-state index in [9.17, 15) is 0 Å². The predicted octanol–water partition coefficient (Wildman–Crippen LogP) is 5.17. The van der Waals surface area contributed by atoms with E-state index in [0.29, 0.717) is 0 Å². The van der Waals surface area contributed by atoms with Crippen LogP contribution in [0.15, 0.2) is 54.6 Å². The van der Waals surface area contributed by atoms with E-state index in [4.69, 9.17) is 0 Å². The van der Waals surface area contributed by atoms with Crippen molar-refractivity contribution in [1.82, 2.24) is 4.98 Å². The molecule has 0 spiro atoms. The fourth-order valence-electron chi connectivity index (χ4n) is 1.96. The van der Waals surface area contributed by atoms with E-state index in [1.165, 1.54) is 27.7 Å². The molecule has 2 aromatic carbocycles. The van der Waals surface area contributed by atoms with Crippen molar-refractivity contribution in [3.8, 4) is 11.3 Å². The quantitative estimate of drug-likeness (QED) is 0.601. The van der Waals surface area contributed by atoms with E-state index in [2.05, 4.69) is 66.5 Å². The SMILES string of the molecule is CC.Cc1ccc(-c2cc3ccccc3[nH]2)cc1. The van der Waals surface area contributed by atoms with E-state index in [-0.39, 0.29) is 0 Å². The molecule has 0 radical (unpaired) electrons. The van der Waals surface area contributed by atoms with Crippen molar-refractivity contribution in [2.75, 3.05) is 0 Å². The van der Waals surface area contributed by atoms with Crippen LogP contribution in [0.4, 0.5) is 0 Å². The van der Waals surface area contributed by atoms with Gasteiger partial charge in [-0.2, -0.15) is 0 Å². The monoisotopic (exact) mass is 237 g/mol. The summed E-state index contributed by atoms with van der Waals surface area (Å²) in [7, 11) is 0. The summed E-state index contributed by atoms with van der Waals surface area (Å²) in [5.41, 5.74) is 4.90. The Hall–Kier alpha value is -2.02. The van der Waals surface area contributed by atoms with Crippen molar-refractivity contribution in [1.29, 1.82) is 0 Å². The predicted molar refractivity (Wildman–Crippen MR) is 79.8 cm³/mol. The van der Waals surface area contributed by atoms with Crippen molar-refractivity contribution < 1.29 is 0 Å². The van der Waals surface area contributed by atoms with Crippen molar-refractivity contribution in [2.24, 2.45) is 0 Å². The lowest BCUT2D eigenvalue weighted by molar-refractivity contribution is 1.42. The number of aromatic amines is 1. The first kappa shape index (κ1) is 12.4. The topological polar surface area (TPSA) is 15.8 Å². The van der Waals surface area contributed by atoms with Gasteiger partial charge in [0.25, 0.3) is 0 Å². The Morgan fingerprint density at radius 2 is 1.50 bits per heavy atom. The molecule has 3 rings (SSSR count). The third kappa shape index (κ3) is 2.45. The molecule has 0 aliphatic heterocycles. The zero-order valence-electron chi connectivity index (χ0n) is 11.2. The molecule has 0 unspecified atom stereocenters. The van der Waals surface area contributed by atoms with Gasteiger partial charge in [0, 0.05) is 16.6 Å².